The van der Waals surface area contributed by atoms with E-state index in [1.54, 1.807) is 13.8 Å². The highest BCUT2D eigenvalue weighted by Crippen LogP contribution is 2.25. The van der Waals surface area contributed by atoms with Crippen LogP contribution in [-0.2, 0) is 18.4 Å². The first-order chi connectivity index (χ1) is 10.8. The van der Waals surface area contributed by atoms with Crippen molar-refractivity contribution in [2.45, 2.75) is 65.5 Å². The number of ketones is 2. The second-order valence-corrected chi connectivity index (χ2v) is 9.29. The van der Waals surface area contributed by atoms with Gasteiger partial charge in [-0.15, -0.1) is 0 Å². The number of rotatable bonds is 14. The van der Waals surface area contributed by atoms with Crippen LogP contribution in [0.4, 0.5) is 0 Å². The minimum atomic E-state index is -2.36. The minimum Gasteiger partial charge on any atom is -0.394 e. The summed E-state index contributed by atoms with van der Waals surface area (Å²) in [6.45, 7) is 15.9. The van der Waals surface area contributed by atoms with Crippen molar-refractivity contribution in [2.75, 3.05) is 13.2 Å². The lowest BCUT2D eigenvalue weighted by atomic mass is 10.1. The van der Waals surface area contributed by atoms with Crippen LogP contribution >= 0.6 is 0 Å². The molecule has 0 saturated heterocycles. The quantitative estimate of drug-likeness (QED) is 0.348. The summed E-state index contributed by atoms with van der Waals surface area (Å²) >= 11 is 0. The summed E-state index contributed by atoms with van der Waals surface area (Å²) in [5.74, 6) is 0.191. The molecular formula is C18H32O4Si. The Morgan fingerprint density at radius 3 is 1.43 bits per heavy atom. The molecule has 5 heteroatoms. The van der Waals surface area contributed by atoms with E-state index in [9.17, 15) is 9.59 Å². The molecule has 0 aromatic rings. The van der Waals surface area contributed by atoms with Crippen molar-refractivity contribution in [2.24, 2.45) is 0 Å². The molecule has 0 amide bonds. The molecule has 0 bridgehead atoms. The van der Waals surface area contributed by atoms with E-state index < -0.39 is 8.56 Å². The number of carbonyl (C=O) groups is 2. The smallest absolute Gasteiger partial charge is 0.338 e. The van der Waals surface area contributed by atoms with Gasteiger partial charge < -0.3 is 8.85 Å². The summed E-state index contributed by atoms with van der Waals surface area (Å²) in [6.07, 6.45) is 2.45. The fourth-order valence-electron chi connectivity index (χ4n) is 2.44. The van der Waals surface area contributed by atoms with Crippen molar-refractivity contribution >= 4 is 20.1 Å². The van der Waals surface area contributed by atoms with Crippen molar-refractivity contribution in [1.29, 1.82) is 0 Å². The number of hydrogen-bond acceptors (Lipinski definition) is 4. The Balaban J connectivity index is 4.66. The van der Waals surface area contributed by atoms with Crippen molar-refractivity contribution in [3.8, 4) is 0 Å². The van der Waals surface area contributed by atoms with E-state index in [1.807, 2.05) is 13.8 Å². The Labute approximate surface area is 142 Å². The molecule has 23 heavy (non-hydrogen) atoms. The third-order valence-corrected chi connectivity index (χ3v) is 7.55. The van der Waals surface area contributed by atoms with Gasteiger partial charge in [-0.1, -0.05) is 13.2 Å². The second-order valence-electron chi connectivity index (χ2n) is 5.89. The van der Waals surface area contributed by atoms with Gasteiger partial charge in [0.05, 0.1) is 0 Å². The van der Waals surface area contributed by atoms with Crippen molar-refractivity contribution in [3.63, 3.8) is 0 Å². The van der Waals surface area contributed by atoms with E-state index in [1.165, 1.54) is 0 Å². The van der Waals surface area contributed by atoms with E-state index in [0.29, 0.717) is 37.2 Å². The Morgan fingerprint density at radius 2 is 1.17 bits per heavy atom. The predicted octanol–water partition coefficient (Wildman–Crippen LogP) is 4.35. The Hall–Kier alpha value is -1.04. The summed E-state index contributed by atoms with van der Waals surface area (Å²) < 4.78 is 12.0. The summed E-state index contributed by atoms with van der Waals surface area (Å²) in [6, 6.07) is 1.55. The van der Waals surface area contributed by atoms with Crippen molar-refractivity contribution in [3.05, 3.63) is 24.3 Å². The normalized spacial score (nSPS) is 11.3. The number of hydrogen-bond donors (Lipinski definition) is 0. The molecule has 4 nitrogen and oxygen atoms in total. The van der Waals surface area contributed by atoms with Crippen LogP contribution < -0.4 is 0 Å². The summed E-state index contributed by atoms with van der Waals surface area (Å²) in [7, 11) is -2.36. The zero-order chi connectivity index (χ0) is 17.9. The molecule has 0 spiro atoms. The Bertz CT molecular complexity index is 389. The molecule has 0 aliphatic carbocycles. The maximum Gasteiger partial charge on any atom is 0.338 e. The second kappa shape index (κ2) is 11.5. The standard InChI is InChI=1S/C18H32O4Si/c1-7-21-23(22-8-2,13-9-11-17(19)15(3)4)14-10-12-18(20)16(5)6/h3,5,7-14H2,1-2,4,6H3. The van der Waals surface area contributed by atoms with Crippen molar-refractivity contribution < 1.29 is 18.4 Å². The van der Waals surface area contributed by atoms with Gasteiger partial charge in [0.15, 0.2) is 11.6 Å². The largest absolute Gasteiger partial charge is 0.394 e. The van der Waals surface area contributed by atoms with Gasteiger partial charge >= 0.3 is 8.56 Å². The molecule has 0 aromatic carbocycles. The molecule has 0 rings (SSSR count). The fraction of sp³-hybridized carbons (Fsp3) is 0.667. The highest BCUT2D eigenvalue weighted by Gasteiger charge is 2.36. The maximum absolute atomic E-state index is 11.7. The van der Waals surface area contributed by atoms with E-state index in [4.69, 9.17) is 8.85 Å². The van der Waals surface area contributed by atoms with Crippen LogP contribution in [0.5, 0.6) is 0 Å². The van der Waals surface area contributed by atoms with Crippen LogP contribution in [0.3, 0.4) is 0 Å². The van der Waals surface area contributed by atoms with Gasteiger partial charge in [-0.25, -0.2) is 0 Å². The Kier molecular flexibility index (Phi) is 11.0. The molecule has 0 N–H and O–H groups in total. The lowest BCUT2D eigenvalue weighted by Crippen LogP contribution is -2.42. The van der Waals surface area contributed by atoms with Crippen LogP contribution in [0.15, 0.2) is 24.3 Å². The summed E-state index contributed by atoms with van der Waals surface area (Å²) in [5.41, 5.74) is 1.19. The number of allylic oxidation sites excluding steroid dienone is 2. The van der Waals surface area contributed by atoms with Gasteiger partial charge in [0, 0.05) is 26.1 Å². The topological polar surface area (TPSA) is 52.6 Å². The van der Waals surface area contributed by atoms with Crippen LogP contribution in [-0.4, -0.2) is 33.3 Å². The lowest BCUT2D eigenvalue weighted by Gasteiger charge is -2.30. The van der Waals surface area contributed by atoms with Crippen LogP contribution in [0, 0.1) is 0 Å². The third kappa shape index (κ3) is 8.98. The molecule has 0 unspecified atom stereocenters. The molecule has 0 aliphatic rings. The predicted molar refractivity (Wildman–Crippen MR) is 96.7 cm³/mol. The first-order valence-electron chi connectivity index (χ1n) is 8.43. The molecule has 132 valence electrons. The molecular weight excluding hydrogens is 308 g/mol. The lowest BCUT2D eigenvalue weighted by molar-refractivity contribution is -0.116. The molecule has 0 saturated carbocycles. The maximum atomic E-state index is 11.7. The minimum absolute atomic E-state index is 0.0957. The van der Waals surface area contributed by atoms with Crippen LogP contribution in [0.2, 0.25) is 12.1 Å². The average molecular weight is 341 g/mol. The first kappa shape index (κ1) is 22.0. The van der Waals surface area contributed by atoms with Gasteiger partial charge in [-0.05, 0) is 63.8 Å². The van der Waals surface area contributed by atoms with E-state index in [-0.39, 0.29) is 11.6 Å². The summed E-state index contributed by atoms with van der Waals surface area (Å²) in [5, 5.41) is 0. The Morgan fingerprint density at radius 1 is 0.826 bits per heavy atom. The molecule has 0 aliphatic heterocycles. The zero-order valence-corrected chi connectivity index (χ0v) is 16.2. The zero-order valence-electron chi connectivity index (χ0n) is 15.2. The third-order valence-electron chi connectivity index (χ3n) is 3.69. The van der Waals surface area contributed by atoms with Crippen molar-refractivity contribution in [1.82, 2.24) is 0 Å². The van der Waals surface area contributed by atoms with Crippen LogP contribution in [0.25, 0.3) is 0 Å². The first-order valence-corrected chi connectivity index (χ1v) is 10.7. The van der Waals surface area contributed by atoms with E-state index in [0.717, 1.165) is 24.9 Å². The number of Topliss-reactive ketones (excluding diaryl/α,β-unsaturated/α-hetero) is 2. The molecule has 0 aromatic heterocycles. The number of carbonyl (C=O) groups excluding carboxylic acids is 2. The highest BCUT2D eigenvalue weighted by atomic mass is 28.4. The van der Waals surface area contributed by atoms with E-state index in [2.05, 4.69) is 13.2 Å². The average Bonchev–Trinajstić information content (AvgIpc) is 2.47. The van der Waals surface area contributed by atoms with Gasteiger partial charge in [0.2, 0.25) is 0 Å². The highest BCUT2D eigenvalue weighted by molar-refractivity contribution is 6.67. The van der Waals surface area contributed by atoms with Gasteiger partial charge in [-0.3, -0.25) is 9.59 Å². The van der Waals surface area contributed by atoms with Gasteiger partial charge in [-0.2, -0.15) is 0 Å². The van der Waals surface area contributed by atoms with Crippen LogP contribution in [0.1, 0.15) is 53.4 Å². The molecule has 0 fully saturated rings. The SMILES string of the molecule is C=C(C)C(=O)CCC[Si](CCCC(=O)C(=C)C)(OCC)OCC. The monoisotopic (exact) mass is 340 g/mol. The molecule has 0 atom stereocenters. The van der Waals surface area contributed by atoms with Gasteiger partial charge in [0.1, 0.15) is 0 Å². The summed E-state index contributed by atoms with van der Waals surface area (Å²) in [4.78, 5) is 23.4. The fourth-order valence-corrected chi connectivity index (χ4v) is 5.84. The van der Waals surface area contributed by atoms with E-state index >= 15 is 0 Å². The molecule has 0 radical (unpaired) electrons. The molecule has 0 heterocycles. The van der Waals surface area contributed by atoms with Gasteiger partial charge in [0.25, 0.3) is 0 Å².